The Bertz CT molecular complexity index is 1020. The van der Waals surface area contributed by atoms with E-state index in [1.54, 1.807) is 22.0 Å². The summed E-state index contributed by atoms with van der Waals surface area (Å²) in [6.45, 7) is 4.69. The van der Waals surface area contributed by atoms with E-state index >= 15 is 0 Å². The third kappa shape index (κ3) is 4.63. The number of urea groups is 1. The van der Waals surface area contributed by atoms with E-state index in [1.807, 2.05) is 79.4 Å². The monoisotopic (exact) mass is 463 g/mol. The van der Waals surface area contributed by atoms with Crippen LogP contribution < -0.4 is 5.32 Å². The van der Waals surface area contributed by atoms with Gasteiger partial charge in [0.15, 0.2) is 0 Å². The van der Waals surface area contributed by atoms with E-state index in [4.69, 9.17) is 0 Å². The molecule has 180 valence electrons. The van der Waals surface area contributed by atoms with E-state index in [2.05, 4.69) is 5.32 Å². The first-order valence-corrected chi connectivity index (χ1v) is 11.9. The van der Waals surface area contributed by atoms with Crippen molar-refractivity contribution in [1.82, 2.24) is 25.1 Å². The van der Waals surface area contributed by atoms with Crippen molar-refractivity contribution in [1.29, 1.82) is 0 Å². The maximum absolute atomic E-state index is 13.6. The van der Waals surface area contributed by atoms with Gasteiger partial charge in [-0.15, -0.1) is 0 Å². The van der Waals surface area contributed by atoms with Crippen LogP contribution in [0.5, 0.6) is 0 Å². The van der Waals surface area contributed by atoms with Crippen molar-refractivity contribution in [3.63, 3.8) is 0 Å². The Labute approximate surface area is 201 Å². The number of amides is 4. The molecule has 0 bridgehead atoms. The number of benzene rings is 2. The second kappa shape index (κ2) is 10.3. The fourth-order valence-electron chi connectivity index (χ4n) is 4.93. The first-order valence-electron chi connectivity index (χ1n) is 11.9. The summed E-state index contributed by atoms with van der Waals surface area (Å²) in [5.41, 5.74) is 2.01. The molecule has 2 fully saturated rings. The lowest BCUT2D eigenvalue weighted by Gasteiger charge is -2.55. The fraction of sp³-hybridized carbons (Fsp3) is 0.423. The van der Waals surface area contributed by atoms with E-state index in [9.17, 15) is 14.4 Å². The van der Waals surface area contributed by atoms with Crippen molar-refractivity contribution in [3.05, 3.63) is 71.8 Å². The SMILES string of the molecule is CCC[C@H]1C(=O)N(C(C)c2ccccc2)C[C@H]2N1C(=O)CN(C)N2C(=O)NCc1ccccc1. The number of hydrazine groups is 1. The van der Waals surface area contributed by atoms with Gasteiger partial charge >= 0.3 is 6.03 Å². The molecule has 1 N–H and O–H groups in total. The van der Waals surface area contributed by atoms with Crippen molar-refractivity contribution >= 4 is 17.8 Å². The molecule has 2 aliphatic rings. The predicted molar refractivity (Wildman–Crippen MR) is 129 cm³/mol. The number of carbonyl (C=O) groups is 3. The second-order valence-electron chi connectivity index (χ2n) is 8.97. The highest BCUT2D eigenvalue weighted by atomic mass is 16.2. The number of nitrogens with one attached hydrogen (secondary N) is 1. The van der Waals surface area contributed by atoms with Gasteiger partial charge in [0, 0.05) is 13.6 Å². The zero-order valence-corrected chi connectivity index (χ0v) is 20.1. The third-order valence-corrected chi connectivity index (χ3v) is 6.69. The molecule has 2 aromatic rings. The molecule has 34 heavy (non-hydrogen) atoms. The zero-order valence-electron chi connectivity index (χ0n) is 20.1. The van der Waals surface area contributed by atoms with Gasteiger partial charge in [-0.25, -0.2) is 14.8 Å². The number of nitrogens with zero attached hydrogens (tertiary/aromatic N) is 4. The van der Waals surface area contributed by atoms with Crippen LogP contribution in [0.4, 0.5) is 4.79 Å². The van der Waals surface area contributed by atoms with Gasteiger partial charge in [-0.05, 0) is 24.5 Å². The van der Waals surface area contributed by atoms with Gasteiger partial charge in [0.1, 0.15) is 12.2 Å². The minimum Gasteiger partial charge on any atom is -0.333 e. The summed E-state index contributed by atoms with van der Waals surface area (Å²) >= 11 is 0. The van der Waals surface area contributed by atoms with Crippen LogP contribution in [-0.2, 0) is 16.1 Å². The molecule has 0 saturated carbocycles. The highest BCUT2D eigenvalue weighted by Crippen LogP contribution is 2.32. The Morgan fingerprint density at radius 3 is 2.35 bits per heavy atom. The summed E-state index contributed by atoms with van der Waals surface area (Å²) in [6.07, 6.45) is 0.751. The average molecular weight is 464 g/mol. The van der Waals surface area contributed by atoms with Crippen molar-refractivity contribution in [3.8, 4) is 0 Å². The van der Waals surface area contributed by atoms with Crippen LogP contribution in [-0.4, -0.2) is 70.0 Å². The fourth-order valence-corrected chi connectivity index (χ4v) is 4.93. The summed E-state index contributed by atoms with van der Waals surface area (Å²) in [5, 5.41) is 6.25. The van der Waals surface area contributed by atoms with Crippen LogP contribution in [0.3, 0.4) is 0 Å². The Morgan fingerprint density at radius 2 is 1.71 bits per heavy atom. The normalized spacial score (nSPS) is 21.9. The third-order valence-electron chi connectivity index (χ3n) is 6.69. The molecule has 0 spiro atoms. The number of carbonyl (C=O) groups excluding carboxylic acids is 3. The van der Waals surface area contributed by atoms with Gasteiger partial charge in [-0.2, -0.15) is 0 Å². The van der Waals surface area contributed by atoms with E-state index in [0.717, 1.165) is 17.5 Å². The summed E-state index contributed by atoms with van der Waals surface area (Å²) in [6, 6.07) is 18.5. The lowest BCUT2D eigenvalue weighted by atomic mass is 9.98. The number of hydrogen-bond donors (Lipinski definition) is 1. The maximum Gasteiger partial charge on any atom is 0.334 e. The predicted octanol–water partition coefficient (Wildman–Crippen LogP) is 2.99. The highest BCUT2D eigenvalue weighted by molar-refractivity contribution is 5.91. The molecule has 2 aromatic carbocycles. The van der Waals surface area contributed by atoms with Crippen molar-refractivity contribution in [2.45, 2.75) is 51.5 Å². The number of rotatable bonds is 6. The molecule has 2 saturated heterocycles. The molecule has 3 atom stereocenters. The summed E-state index contributed by atoms with van der Waals surface area (Å²) < 4.78 is 0. The molecule has 2 aliphatic heterocycles. The highest BCUT2D eigenvalue weighted by Gasteiger charge is 2.51. The smallest absolute Gasteiger partial charge is 0.333 e. The van der Waals surface area contributed by atoms with E-state index in [1.165, 1.54) is 0 Å². The quantitative estimate of drug-likeness (QED) is 0.715. The van der Waals surface area contributed by atoms with E-state index < -0.39 is 12.2 Å². The van der Waals surface area contributed by atoms with E-state index in [-0.39, 0.29) is 37.0 Å². The van der Waals surface area contributed by atoms with E-state index in [0.29, 0.717) is 13.0 Å². The standard InChI is InChI=1S/C26H33N5O3/c1-4-11-22-25(33)29(19(2)21-14-9-6-10-15-21)17-23-30(22)24(32)18-28(3)31(23)26(34)27-16-20-12-7-5-8-13-20/h5-10,12-15,19,22-23H,4,11,16-18H2,1-3H3,(H,27,34)/t19?,22-,23-/m0/s1. The minimum atomic E-state index is -0.583. The van der Waals surface area contributed by atoms with Crippen molar-refractivity contribution < 1.29 is 14.4 Å². The van der Waals surface area contributed by atoms with Gasteiger partial charge in [-0.1, -0.05) is 74.0 Å². The summed E-state index contributed by atoms with van der Waals surface area (Å²) in [7, 11) is 1.74. The molecule has 0 aliphatic carbocycles. The minimum absolute atomic E-state index is 0.0526. The van der Waals surface area contributed by atoms with Gasteiger partial charge in [0.2, 0.25) is 11.8 Å². The first kappa shape index (κ1) is 23.8. The number of likely N-dealkylation sites (N-methyl/N-ethyl adjacent to an activating group) is 1. The molecule has 0 aromatic heterocycles. The molecule has 8 heteroatoms. The first-order chi connectivity index (χ1) is 16.4. The molecule has 1 unspecified atom stereocenters. The van der Waals surface area contributed by atoms with Crippen LogP contribution in [0.2, 0.25) is 0 Å². The van der Waals surface area contributed by atoms with Crippen LogP contribution in [0.25, 0.3) is 0 Å². The summed E-state index contributed by atoms with van der Waals surface area (Å²) in [4.78, 5) is 43.5. The Balaban J connectivity index is 1.62. The van der Waals surface area contributed by atoms with Crippen molar-refractivity contribution in [2.75, 3.05) is 20.1 Å². The van der Waals surface area contributed by atoms with Crippen molar-refractivity contribution in [2.24, 2.45) is 0 Å². The average Bonchev–Trinajstić information content (AvgIpc) is 2.85. The Kier molecular flexibility index (Phi) is 7.17. The molecule has 0 radical (unpaired) electrons. The van der Waals surface area contributed by atoms with Gasteiger partial charge in [0.05, 0.1) is 19.1 Å². The lowest BCUT2D eigenvalue weighted by Crippen LogP contribution is -2.76. The zero-order chi connectivity index (χ0) is 24.2. The van der Waals surface area contributed by atoms with Gasteiger partial charge < -0.3 is 15.1 Å². The molecule has 8 nitrogen and oxygen atoms in total. The van der Waals surface area contributed by atoms with Crippen LogP contribution in [0, 0.1) is 0 Å². The van der Waals surface area contributed by atoms with Gasteiger partial charge in [0.25, 0.3) is 0 Å². The Hall–Kier alpha value is -3.39. The van der Waals surface area contributed by atoms with Crippen LogP contribution >= 0.6 is 0 Å². The van der Waals surface area contributed by atoms with Crippen LogP contribution in [0.15, 0.2) is 60.7 Å². The largest absolute Gasteiger partial charge is 0.334 e. The molecule has 4 rings (SSSR count). The molecule has 4 amide bonds. The maximum atomic E-state index is 13.6. The lowest BCUT2D eigenvalue weighted by molar-refractivity contribution is -0.189. The summed E-state index contributed by atoms with van der Waals surface area (Å²) in [5.74, 6) is -0.185. The van der Waals surface area contributed by atoms with Crippen LogP contribution in [0.1, 0.15) is 43.9 Å². The number of piperazine rings is 1. The number of fused-ring (bicyclic) bond motifs is 1. The molecular weight excluding hydrogens is 430 g/mol. The second-order valence-corrected chi connectivity index (χ2v) is 8.97. The topological polar surface area (TPSA) is 76.2 Å². The number of hydrogen-bond acceptors (Lipinski definition) is 4. The van der Waals surface area contributed by atoms with Gasteiger partial charge in [-0.3, -0.25) is 9.59 Å². The molecular formula is C26H33N5O3. The molecule has 2 heterocycles. The Morgan fingerprint density at radius 1 is 1.06 bits per heavy atom.